The maximum Gasteiger partial charge on any atom is 0.239 e. The number of anilines is 1. The number of amides is 1. The number of hydrogen-bond acceptors (Lipinski definition) is 5. The second-order valence-electron chi connectivity index (χ2n) is 3.54. The standard InChI is InChI=1S/C9H14N4OS/c1-2-10-7(14)5-11-9-12-8(13-15-9)6-3-4-6/h6H,2-5H2,1H3,(H,10,14)(H,11,12,13). The van der Waals surface area contributed by atoms with Crippen LogP contribution in [0.5, 0.6) is 0 Å². The summed E-state index contributed by atoms with van der Waals surface area (Å²) in [5.74, 6) is 1.49. The van der Waals surface area contributed by atoms with Crippen molar-refractivity contribution in [1.82, 2.24) is 14.7 Å². The van der Waals surface area contributed by atoms with Crippen molar-refractivity contribution in [3.05, 3.63) is 5.82 Å². The molecule has 0 atom stereocenters. The van der Waals surface area contributed by atoms with Gasteiger partial charge in [-0.25, -0.2) is 4.98 Å². The number of rotatable bonds is 5. The van der Waals surface area contributed by atoms with Gasteiger partial charge in [-0.15, -0.1) is 0 Å². The van der Waals surface area contributed by atoms with E-state index in [0.29, 0.717) is 12.5 Å². The Bertz CT molecular complexity index is 348. The van der Waals surface area contributed by atoms with Gasteiger partial charge in [0.25, 0.3) is 0 Å². The summed E-state index contributed by atoms with van der Waals surface area (Å²) in [6.45, 7) is 2.82. The average molecular weight is 226 g/mol. The quantitative estimate of drug-likeness (QED) is 0.785. The molecule has 0 aromatic carbocycles. The van der Waals surface area contributed by atoms with Crippen molar-refractivity contribution in [2.24, 2.45) is 0 Å². The fourth-order valence-electron chi connectivity index (χ4n) is 1.23. The van der Waals surface area contributed by atoms with Crippen LogP contribution in [0.2, 0.25) is 0 Å². The third kappa shape index (κ3) is 2.89. The summed E-state index contributed by atoms with van der Waals surface area (Å²) in [5, 5.41) is 6.42. The first-order valence-corrected chi connectivity index (χ1v) is 5.91. The zero-order valence-electron chi connectivity index (χ0n) is 8.62. The summed E-state index contributed by atoms with van der Waals surface area (Å²) < 4.78 is 4.24. The minimum absolute atomic E-state index is 0.0133. The second-order valence-corrected chi connectivity index (χ2v) is 4.29. The number of likely N-dealkylation sites (N-methyl/N-ethyl adjacent to an activating group) is 1. The maximum absolute atomic E-state index is 11.2. The van der Waals surface area contributed by atoms with Crippen LogP contribution in [-0.4, -0.2) is 28.4 Å². The van der Waals surface area contributed by atoms with Crippen molar-refractivity contribution in [2.45, 2.75) is 25.7 Å². The van der Waals surface area contributed by atoms with Crippen molar-refractivity contribution in [1.29, 1.82) is 0 Å². The Kier molecular flexibility index (Phi) is 3.15. The van der Waals surface area contributed by atoms with Gasteiger partial charge in [0.2, 0.25) is 11.0 Å². The average Bonchev–Trinajstić information content (AvgIpc) is 2.96. The van der Waals surface area contributed by atoms with E-state index < -0.39 is 0 Å². The van der Waals surface area contributed by atoms with Crippen LogP contribution in [0.3, 0.4) is 0 Å². The van der Waals surface area contributed by atoms with Crippen LogP contribution in [0, 0.1) is 0 Å². The number of hydrogen-bond donors (Lipinski definition) is 2. The Balaban J connectivity index is 1.80. The topological polar surface area (TPSA) is 66.9 Å². The van der Waals surface area contributed by atoms with Crippen molar-refractivity contribution in [3.8, 4) is 0 Å². The molecule has 0 radical (unpaired) electrons. The fourth-order valence-corrected chi connectivity index (χ4v) is 1.87. The Labute approximate surface area is 92.5 Å². The molecule has 2 rings (SSSR count). The molecule has 0 saturated heterocycles. The molecule has 15 heavy (non-hydrogen) atoms. The molecule has 1 fully saturated rings. The van der Waals surface area contributed by atoms with E-state index in [1.807, 2.05) is 6.92 Å². The summed E-state index contributed by atoms with van der Waals surface area (Å²) in [5.41, 5.74) is 0. The van der Waals surface area contributed by atoms with Gasteiger partial charge in [0.05, 0.1) is 6.54 Å². The molecule has 1 aliphatic carbocycles. The van der Waals surface area contributed by atoms with Gasteiger partial charge < -0.3 is 10.6 Å². The summed E-state index contributed by atoms with van der Waals surface area (Å²) in [6.07, 6.45) is 2.40. The Morgan fingerprint density at radius 3 is 3.07 bits per heavy atom. The van der Waals surface area contributed by atoms with Crippen LogP contribution >= 0.6 is 11.5 Å². The van der Waals surface area contributed by atoms with Crippen LogP contribution in [0.1, 0.15) is 31.5 Å². The van der Waals surface area contributed by atoms with Crippen LogP contribution in [0.4, 0.5) is 5.13 Å². The first-order chi connectivity index (χ1) is 7.29. The normalized spacial score (nSPS) is 15.0. The zero-order valence-corrected chi connectivity index (χ0v) is 9.43. The maximum atomic E-state index is 11.2. The lowest BCUT2D eigenvalue weighted by molar-refractivity contribution is -0.119. The number of aromatic nitrogens is 2. The molecular formula is C9H14N4OS. The largest absolute Gasteiger partial charge is 0.355 e. The van der Waals surface area contributed by atoms with Crippen molar-refractivity contribution in [3.63, 3.8) is 0 Å². The SMILES string of the molecule is CCNC(=O)CNc1nc(C2CC2)ns1. The van der Waals surface area contributed by atoms with E-state index in [9.17, 15) is 4.79 Å². The van der Waals surface area contributed by atoms with Crippen LogP contribution in [0.15, 0.2) is 0 Å². The lowest BCUT2D eigenvalue weighted by Crippen LogP contribution is -2.29. The highest BCUT2D eigenvalue weighted by molar-refractivity contribution is 7.09. The van der Waals surface area contributed by atoms with Gasteiger partial charge in [-0.2, -0.15) is 4.37 Å². The van der Waals surface area contributed by atoms with Gasteiger partial charge in [0.1, 0.15) is 5.82 Å². The van der Waals surface area contributed by atoms with Gasteiger partial charge in [-0.3, -0.25) is 4.79 Å². The Morgan fingerprint density at radius 1 is 1.60 bits per heavy atom. The summed E-state index contributed by atoms with van der Waals surface area (Å²) in [6, 6.07) is 0. The zero-order chi connectivity index (χ0) is 10.7. The molecule has 1 aromatic rings. The van der Waals surface area contributed by atoms with Crippen LogP contribution in [-0.2, 0) is 4.79 Å². The van der Waals surface area contributed by atoms with Gasteiger partial charge >= 0.3 is 0 Å². The molecule has 0 bridgehead atoms. The lowest BCUT2D eigenvalue weighted by atomic mass is 10.4. The number of carbonyl (C=O) groups excluding carboxylic acids is 1. The molecule has 0 aliphatic heterocycles. The predicted octanol–water partition coefficient (Wildman–Crippen LogP) is 0.963. The van der Waals surface area contributed by atoms with E-state index in [1.165, 1.54) is 24.4 Å². The summed E-state index contributed by atoms with van der Waals surface area (Å²) >= 11 is 1.33. The number of nitrogens with one attached hydrogen (secondary N) is 2. The molecule has 0 unspecified atom stereocenters. The highest BCUT2D eigenvalue weighted by Gasteiger charge is 2.27. The van der Waals surface area contributed by atoms with Gasteiger partial charge in [-0.1, -0.05) is 0 Å². The van der Waals surface area contributed by atoms with Crippen molar-refractivity contribution in [2.75, 3.05) is 18.4 Å². The van der Waals surface area contributed by atoms with Crippen molar-refractivity contribution >= 4 is 22.6 Å². The third-order valence-corrected chi connectivity index (χ3v) is 2.85. The monoisotopic (exact) mass is 226 g/mol. The predicted molar refractivity (Wildman–Crippen MR) is 59.1 cm³/mol. The van der Waals surface area contributed by atoms with Crippen molar-refractivity contribution < 1.29 is 4.79 Å². The van der Waals surface area contributed by atoms with Crippen LogP contribution < -0.4 is 10.6 Å². The summed E-state index contributed by atoms with van der Waals surface area (Å²) in [7, 11) is 0. The molecule has 6 heteroatoms. The van der Waals surface area contributed by atoms with E-state index >= 15 is 0 Å². The minimum Gasteiger partial charge on any atom is -0.355 e. The smallest absolute Gasteiger partial charge is 0.239 e. The van der Waals surface area contributed by atoms with Crippen LogP contribution in [0.25, 0.3) is 0 Å². The fraction of sp³-hybridized carbons (Fsp3) is 0.667. The van der Waals surface area contributed by atoms with E-state index in [2.05, 4.69) is 20.0 Å². The van der Waals surface area contributed by atoms with E-state index in [4.69, 9.17) is 0 Å². The number of carbonyl (C=O) groups is 1. The third-order valence-electron chi connectivity index (χ3n) is 2.16. The van der Waals surface area contributed by atoms with E-state index in [-0.39, 0.29) is 12.5 Å². The molecule has 1 saturated carbocycles. The molecule has 5 nitrogen and oxygen atoms in total. The van der Waals surface area contributed by atoms with Gasteiger partial charge in [-0.05, 0) is 19.8 Å². The molecule has 1 amide bonds. The minimum atomic E-state index is -0.0133. The molecule has 82 valence electrons. The first kappa shape index (κ1) is 10.4. The molecular weight excluding hydrogens is 212 g/mol. The lowest BCUT2D eigenvalue weighted by Gasteiger charge is -2.01. The first-order valence-electron chi connectivity index (χ1n) is 5.13. The Hall–Kier alpha value is -1.17. The second kappa shape index (κ2) is 4.57. The molecule has 2 N–H and O–H groups in total. The molecule has 1 aliphatic rings. The van der Waals surface area contributed by atoms with Gasteiger partial charge in [0, 0.05) is 24.0 Å². The number of nitrogens with zero attached hydrogens (tertiary/aromatic N) is 2. The molecule has 0 spiro atoms. The van der Waals surface area contributed by atoms with Gasteiger partial charge in [0.15, 0.2) is 0 Å². The summed E-state index contributed by atoms with van der Waals surface area (Å²) in [4.78, 5) is 15.5. The molecule has 1 heterocycles. The highest BCUT2D eigenvalue weighted by Crippen LogP contribution is 2.39. The highest BCUT2D eigenvalue weighted by atomic mass is 32.1. The molecule has 1 aromatic heterocycles. The van der Waals surface area contributed by atoms with E-state index in [0.717, 1.165) is 11.0 Å². The Morgan fingerprint density at radius 2 is 2.40 bits per heavy atom. The van der Waals surface area contributed by atoms with E-state index in [1.54, 1.807) is 0 Å².